The average Bonchev–Trinajstić information content (AvgIpc) is 2.88. The molecule has 0 aliphatic heterocycles. The Morgan fingerprint density at radius 1 is 0.889 bits per heavy atom. The van der Waals surface area contributed by atoms with E-state index in [1.807, 2.05) is 62.4 Å². The molecule has 3 atom stereocenters. The van der Waals surface area contributed by atoms with Gasteiger partial charge in [-0.1, -0.05) is 73.7 Å². The Morgan fingerprint density at radius 3 is 2.22 bits per heavy atom. The van der Waals surface area contributed by atoms with Gasteiger partial charge in [-0.15, -0.1) is 0 Å². The second-order valence-electron chi connectivity index (χ2n) is 8.57. The third-order valence-corrected chi connectivity index (χ3v) is 8.65. The number of benzene rings is 4. The van der Waals surface area contributed by atoms with E-state index in [4.69, 9.17) is 14.7 Å². The summed E-state index contributed by atoms with van der Waals surface area (Å²) in [7, 11) is -5.22. The van der Waals surface area contributed by atoms with Crippen LogP contribution in [0.4, 0.5) is 0 Å². The standard InChI is InChI=1S/C28H29NO5S2/c1-3-35(30)24-18-16-23(17-19-24)33-28(2,22-12-5-4-6-13-22)20-27(29)34-36(31,32)26-15-9-11-21-10-7-8-14-25(21)26/h4-19,27H,3,20,29H2,1-2H3. The number of rotatable bonds is 10. The van der Waals surface area contributed by atoms with Gasteiger partial charge in [0.1, 0.15) is 22.5 Å². The number of nitrogens with two attached hydrogens (primary N) is 1. The SMILES string of the molecule is CCS(=O)c1ccc(OC(C)(CC(N)OS(=O)(=O)c2cccc3ccccc23)c2ccccc2)cc1. The topological polar surface area (TPSA) is 95.7 Å². The smallest absolute Gasteiger partial charge is 0.299 e. The lowest BCUT2D eigenvalue weighted by Gasteiger charge is -2.33. The third kappa shape index (κ3) is 5.84. The highest BCUT2D eigenvalue weighted by Gasteiger charge is 2.34. The molecule has 36 heavy (non-hydrogen) atoms. The van der Waals surface area contributed by atoms with Crippen molar-refractivity contribution in [3.05, 3.63) is 103 Å². The highest BCUT2D eigenvalue weighted by Crippen LogP contribution is 2.34. The lowest BCUT2D eigenvalue weighted by molar-refractivity contribution is 0.0343. The van der Waals surface area contributed by atoms with E-state index in [0.29, 0.717) is 21.8 Å². The lowest BCUT2D eigenvalue weighted by atomic mass is 9.91. The van der Waals surface area contributed by atoms with Crippen LogP contribution in [-0.4, -0.2) is 24.6 Å². The van der Waals surface area contributed by atoms with Gasteiger partial charge < -0.3 is 10.5 Å². The molecule has 188 valence electrons. The van der Waals surface area contributed by atoms with Crippen molar-refractivity contribution in [1.29, 1.82) is 0 Å². The largest absolute Gasteiger partial charge is 0.483 e. The Morgan fingerprint density at radius 2 is 1.53 bits per heavy atom. The summed E-state index contributed by atoms with van der Waals surface area (Å²) in [6.07, 6.45) is -1.12. The summed E-state index contributed by atoms with van der Waals surface area (Å²) in [5, 5.41) is 1.36. The summed E-state index contributed by atoms with van der Waals surface area (Å²) < 4.78 is 50.3. The van der Waals surface area contributed by atoms with Gasteiger partial charge in [0.25, 0.3) is 10.1 Å². The maximum atomic E-state index is 13.2. The fraction of sp³-hybridized carbons (Fsp3) is 0.214. The van der Waals surface area contributed by atoms with Gasteiger partial charge in [0.05, 0.1) is 10.8 Å². The maximum absolute atomic E-state index is 13.2. The van der Waals surface area contributed by atoms with Crippen LogP contribution in [0.2, 0.25) is 0 Å². The molecular weight excluding hydrogens is 494 g/mol. The van der Waals surface area contributed by atoms with Gasteiger partial charge in [0.15, 0.2) is 0 Å². The van der Waals surface area contributed by atoms with Gasteiger partial charge in [0, 0.05) is 22.5 Å². The molecule has 6 nitrogen and oxygen atoms in total. The van der Waals surface area contributed by atoms with Crippen LogP contribution in [0.3, 0.4) is 0 Å². The zero-order valence-corrected chi connectivity index (χ0v) is 21.8. The first kappa shape index (κ1) is 26.0. The van der Waals surface area contributed by atoms with Gasteiger partial charge in [0.2, 0.25) is 0 Å². The molecule has 0 spiro atoms. The van der Waals surface area contributed by atoms with Crippen LogP contribution in [-0.2, 0) is 30.7 Å². The molecule has 0 saturated carbocycles. The second-order valence-corrected chi connectivity index (χ2v) is 11.9. The first-order valence-electron chi connectivity index (χ1n) is 11.6. The Bertz CT molecular complexity index is 1450. The monoisotopic (exact) mass is 523 g/mol. The Labute approximate surface area is 214 Å². The zero-order chi connectivity index (χ0) is 25.8. The van der Waals surface area contributed by atoms with E-state index in [0.717, 1.165) is 10.9 Å². The van der Waals surface area contributed by atoms with Crippen LogP contribution in [0.5, 0.6) is 5.75 Å². The fourth-order valence-electron chi connectivity index (χ4n) is 4.14. The molecule has 4 aromatic rings. The minimum atomic E-state index is -4.15. The Balaban J connectivity index is 1.60. The van der Waals surface area contributed by atoms with E-state index in [2.05, 4.69) is 0 Å². The fourth-order valence-corrected chi connectivity index (χ4v) is 6.11. The first-order chi connectivity index (χ1) is 17.2. The number of hydrogen-bond donors (Lipinski definition) is 1. The first-order valence-corrected chi connectivity index (χ1v) is 14.3. The molecule has 0 bridgehead atoms. The summed E-state index contributed by atoms with van der Waals surface area (Å²) in [6, 6.07) is 28.7. The molecule has 0 aliphatic rings. The van der Waals surface area contributed by atoms with E-state index in [1.165, 1.54) is 6.07 Å². The third-order valence-electron chi connectivity index (χ3n) is 5.94. The van der Waals surface area contributed by atoms with Crippen LogP contribution < -0.4 is 10.5 Å². The molecule has 3 unspecified atom stereocenters. The van der Waals surface area contributed by atoms with Crippen molar-refractivity contribution >= 4 is 31.7 Å². The molecule has 0 saturated heterocycles. The summed E-state index contributed by atoms with van der Waals surface area (Å²) in [6.45, 7) is 3.70. The van der Waals surface area contributed by atoms with E-state index >= 15 is 0 Å². The quantitative estimate of drug-likeness (QED) is 0.223. The molecule has 0 fully saturated rings. The number of fused-ring (bicyclic) bond motifs is 1. The van der Waals surface area contributed by atoms with Crippen LogP contribution >= 0.6 is 0 Å². The van der Waals surface area contributed by atoms with E-state index in [9.17, 15) is 12.6 Å². The van der Waals surface area contributed by atoms with Crippen LogP contribution in [0.15, 0.2) is 107 Å². The zero-order valence-electron chi connectivity index (χ0n) is 20.2. The highest BCUT2D eigenvalue weighted by molar-refractivity contribution is 7.87. The van der Waals surface area contributed by atoms with Gasteiger partial charge in [-0.05, 0) is 48.2 Å². The molecule has 4 aromatic carbocycles. The summed E-state index contributed by atoms with van der Waals surface area (Å²) in [5.74, 6) is 1.07. The Kier molecular flexibility index (Phi) is 7.90. The molecule has 0 aliphatic carbocycles. The molecule has 0 amide bonds. The predicted octanol–water partition coefficient (Wildman–Crippen LogP) is 5.34. The van der Waals surface area contributed by atoms with Gasteiger partial charge in [-0.3, -0.25) is 4.21 Å². The summed E-state index contributed by atoms with van der Waals surface area (Å²) in [5.41, 5.74) is 6.09. The van der Waals surface area contributed by atoms with Crippen molar-refractivity contribution in [3.63, 3.8) is 0 Å². The molecule has 4 rings (SSSR count). The minimum Gasteiger partial charge on any atom is -0.483 e. The van der Waals surface area contributed by atoms with E-state index in [-0.39, 0.29) is 11.3 Å². The lowest BCUT2D eigenvalue weighted by Crippen LogP contribution is -2.39. The molecule has 0 heterocycles. The minimum absolute atomic E-state index is 0.0592. The van der Waals surface area contributed by atoms with Crippen molar-refractivity contribution in [2.45, 2.75) is 41.9 Å². The van der Waals surface area contributed by atoms with Crippen LogP contribution in [0.25, 0.3) is 10.8 Å². The summed E-state index contributed by atoms with van der Waals surface area (Å²) in [4.78, 5) is 0.783. The second kappa shape index (κ2) is 10.9. The van der Waals surface area contributed by atoms with Crippen molar-refractivity contribution < 1.29 is 21.5 Å². The molecule has 0 aromatic heterocycles. The van der Waals surface area contributed by atoms with Gasteiger partial charge in [-0.2, -0.15) is 8.42 Å². The van der Waals surface area contributed by atoms with Crippen molar-refractivity contribution in [2.75, 3.05) is 5.75 Å². The van der Waals surface area contributed by atoms with E-state index < -0.39 is 32.7 Å². The van der Waals surface area contributed by atoms with Gasteiger partial charge in [-0.25, -0.2) is 4.18 Å². The van der Waals surface area contributed by atoms with Gasteiger partial charge >= 0.3 is 0 Å². The number of hydrogen-bond acceptors (Lipinski definition) is 6. The predicted molar refractivity (Wildman–Crippen MR) is 143 cm³/mol. The molecule has 2 N–H and O–H groups in total. The van der Waals surface area contributed by atoms with Crippen molar-refractivity contribution in [3.8, 4) is 5.75 Å². The molecular formula is C28H29NO5S2. The van der Waals surface area contributed by atoms with Crippen LogP contribution in [0, 0.1) is 0 Å². The van der Waals surface area contributed by atoms with Crippen LogP contribution in [0.1, 0.15) is 25.8 Å². The normalized spacial score (nSPS) is 15.2. The highest BCUT2D eigenvalue weighted by atomic mass is 32.2. The summed E-state index contributed by atoms with van der Waals surface area (Å²) >= 11 is 0. The molecule has 0 radical (unpaired) electrons. The Hall–Kier alpha value is -3.04. The maximum Gasteiger partial charge on any atom is 0.299 e. The number of ether oxygens (including phenoxy) is 1. The molecule has 8 heteroatoms. The van der Waals surface area contributed by atoms with E-state index in [1.54, 1.807) is 42.5 Å². The van der Waals surface area contributed by atoms with Crippen molar-refractivity contribution in [1.82, 2.24) is 0 Å². The average molecular weight is 524 g/mol. The van der Waals surface area contributed by atoms with Crippen molar-refractivity contribution in [2.24, 2.45) is 5.73 Å².